The molecular formula is C15H17N. The van der Waals surface area contributed by atoms with Crippen LogP contribution < -0.4 is 5.73 Å². The van der Waals surface area contributed by atoms with Crippen molar-refractivity contribution >= 4 is 0 Å². The van der Waals surface area contributed by atoms with Gasteiger partial charge in [-0.3, -0.25) is 0 Å². The Bertz CT molecular complexity index is 448. The normalized spacial score (nSPS) is 12.4. The average molecular weight is 211 g/mol. The Kier molecular flexibility index (Phi) is 3.37. The minimum atomic E-state index is 0.0861. The zero-order valence-corrected chi connectivity index (χ0v) is 9.56. The van der Waals surface area contributed by atoms with Crippen molar-refractivity contribution in [1.82, 2.24) is 0 Å². The predicted octanol–water partition coefficient (Wildman–Crippen LogP) is 3.24. The van der Waals surface area contributed by atoms with E-state index in [2.05, 4.69) is 43.3 Å². The molecule has 2 aromatic rings. The maximum atomic E-state index is 6.18. The molecule has 0 saturated heterocycles. The van der Waals surface area contributed by atoms with E-state index in [0.717, 1.165) is 6.42 Å². The molecule has 0 radical (unpaired) electrons. The summed E-state index contributed by atoms with van der Waals surface area (Å²) < 4.78 is 0. The largest absolute Gasteiger partial charge is 0.324 e. The van der Waals surface area contributed by atoms with E-state index in [1.54, 1.807) is 0 Å². The first kappa shape index (κ1) is 10.9. The standard InChI is InChI=1S/C15H17N/c1-12-6-5-7-13(10-12)11-15(16)14-8-3-2-4-9-14/h2-10,15H,11,16H2,1H3. The number of hydrogen-bond donors (Lipinski definition) is 1. The Morgan fingerprint density at radius 3 is 2.44 bits per heavy atom. The Hall–Kier alpha value is -1.60. The fourth-order valence-corrected chi connectivity index (χ4v) is 1.91. The third-order valence-electron chi connectivity index (χ3n) is 2.77. The van der Waals surface area contributed by atoms with Crippen LogP contribution >= 0.6 is 0 Å². The van der Waals surface area contributed by atoms with Gasteiger partial charge in [0.05, 0.1) is 0 Å². The van der Waals surface area contributed by atoms with Crippen LogP contribution in [0.4, 0.5) is 0 Å². The van der Waals surface area contributed by atoms with E-state index in [4.69, 9.17) is 5.73 Å². The Morgan fingerprint density at radius 2 is 1.75 bits per heavy atom. The second kappa shape index (κ2) is 4.95. The summed E-state index contributed by atoms with van der Waals surface area (Å²) in [6.45, 7) is 2.11. The van der Waals surface area contributed by atoms with E-state index < -0.39 is 0 Å². The topological polar surface area (TPSA) is 26.0 Å². The molecule has 1 atom stereocenters. The molecule has 0 spiro atoms. The first-order chi connectivity index (χ1) is 7.75. The third-order valence-corrected chi connectivity index (χ3v) is 2.77. The van der Waals surface area contributed by atoms with Crippen LogP contribution in [0.2, 0.25) is 0 Å². The van der Waals surface area contributed by atoms with Crippen molar-refractivity contribution in [2.75, 3.05) is 0 Å². The fourth-order valence-electron chi connectivity index (χ4n) is 1.91. The molecule has 2 rings (SSSR count). The van der Waals surface area contributed by atoms with Crippen LogP contribution in [0.15, 0.2) is 54.6 Å². The fraction of sp³-hybridized carbons (Fsp3) is 0.200. The highest BCUT2D eigenvalue weighted by Gasteiger charge is 2.06. The van der Waals surface area contributed by atoms with Crippen molar-refractivity contribution in [1.29, 1.82) is 0 Å². The van der Waals surface area contributed by atoms with Crippen molar-refractivity contribution in [3.8, 4) is 0 Å². The second-order valence-corrected chi connectivity index (χ2v) is 4.21. The van der Waals surface area contributed by atoms with Gasteiger partial charge in [-0.25, -0.2) is 0 Å². The van der Waals surface area contributed by atoms with E-state index in [1.807, 2.05) is 18.2 Å². The lowest BCUT2D eigenvalue weighted by Crippen LogP contribution is -2.13. The van der Waals surface area contributed by atoms with Gasteiger partial charge in [-0.2, -0.15) is 0 Å². The van der Waals surface area contributed by atoms with Gasteiger partial charge < -0.3 is 5.73 Å². The Balaban J connectivity index is 2.11. The molecule has 0 amide bonds. The maximum Gasteiger partial charge on any atom is 0.0335 e. The SMILES string of the molecule is Cc1cccc(CC(N)c2ccccc2)c1. The van der Waals surface area contributed by atoms with Gasteiger partial charge in [0.2, 0.25) is 0 Å². The smallest absolute Gasteiger partial charge is 0.0335 e. The molecule has 0 aliphatic carbocycles. The Morgan fingerprint density at radius 1 is 1.00 bits per heavy atom. The number of nitrogens with two attached hydrogens (primary N) is 1. The van der Waals surface area contributed by atoms with E-state index >= 15 is 0 Å². The van der Waals surface area contributed by atoms with Gasteiger partial charge in [-0.05, 0) is 24.5 Å². The van der Waals surface area contributed by atoms with Crippen LogP contribution in [-0.4, -0.2) is 0 Å². The molecule has 0 aliphatic rings. The van der Waals surface area contributed by atoms with Crippen molar-refractivity contribution in [3.63, 3.8) is 0 Å². The van der Waals surface area contributed by atoms with Crippen molar-refractivity contribution in [3.05, 3.63) is 71.3 Å². The molecular weight excluding hydrogens is 194 g/mol. The summed E-state index contributed by atoms with van der Waals surface area (Å²) in [4.78, 5) is 0. The molecule has 0 bridgehead atoms. The molecule has 2 aromatic carbocycles. The minimum Gasteiger partial charge on any atom is -0.324 e. The summed E-state index contributed by atoms with van der Waals surface area (Å²) >= 11 is 0. The molecule has 1 nitrogen and oxygen atoms in total. The van der Waals surface area contributed by atoms with E-state index in [1.165, 1.54) is 16.7 Å². The summed E-state index contributed by atoms with van der Waals surface area (Å²) in [6.07, 6.45) is 0.895. The van der Waals surface area contributed by atoms with Crippen LogP contribution in [0.1, 0.15) is 22.7 Å². The van der Waals surface area contributed by atoms with Gasteiger partial charge in [0.15, 0.2) is 0 Å². The van der Waals surface area contributed by atoms with Gasteiger partial charge in [-0.15, -0.1) is 0 Å². The molecule has 0 fully saturated rings. The highest BCUT2D eigenvalue weighted by molar-refractivity contribution is 5.26. The molecule has 0 aliphatic heterocycles. The summed E-state index contributed by atoms with van der Waals surface area (Å²) in [5, 5.41) is 0. The number of aryl methyl sites for hydroxylation is 1. The van der Waals surface area contributed by atoms with Crippen LogP contribution in [0.25, 0.3) is 0 Å². The second-order valence-electron chi connectivity index (χ2n) is 4.21. The van der Waals surface area contributed by atoms with Gasteiger partial charge in [0, 0.05) is 6.04 Å². The molecule has 0 aromatic heterocycles. The monoisotopic (exact) mass is 211 g/mol. The van der Waals surface area contributed by atoms with Gasteiger partial charge in [0.1, 0.15) is 0 Å². The van der Waals surface area contributed by atoms with Crippen molar-refractivity contribution < 1.29 is 0 Å². The molecule has 1 heteroatoms. The molecule has 0 saturated carbocycles. The van der Waals surface area contributed by atoms with E-state index in [9.17, 15) is 0 Å². The lowest BCUT2D eigenvalue weighted by atomic mass is 9.99. The summed E-state index contributed by atoms with van der Waals surface area (Å²) in [7, 11) is 0. The lowest BCUT2D eigenvalue weighted by Gasteiger charge is -2.12. The molecule has 0 heterocycles. The highest BCUT2D eigenvalue weighted by atomic mass is 14.6. The maximum absolute atomic E-state index is 6.18. The van der Waals surface area contributed by atoms with Crippen LogP contribution in [0.5, 0.6) is 0 Å². The van der Waals surface area contributed by atoms with Crippen molar-refractivity contribution in [2.24, 2.45) is 5.73 Å². The zero-order valence-electron chi connectivity index (χ0n) is 9.56. The summed E-state index contributed by atoms with van der Waals surface area (Å²) in [5.41, 5.74) is 9.97. The number of rotatable bonds is 3. The van der Waals surface area contributed by atoms with Crippen LogP contribution in [0.3, 0.4) is 0 Å². The average Bonchev–Trinajstić information content (AvgIpc) is 2.30. The lowest BCUT2D eigenvalue weighted by molar-refractivity contribution is 0.721. The minimum absolute atomic E-state index is 0.0861. The molecule has 16 heavy (non-hydrogen) atoms. The van der Waals surface area contributed by atoms with Gasteiger partial charge in [0.25, 0.3) is 0 Å². The summed E-state index contributed by atoms with van der Waals surface area (Å²) in [5.74, 6) is 0. The van der Waals surface area contributed by atoms with Crippen LogP contribution in [-0.2, 0) is 6.42 Å². The zero-order chi connectivity index (χ0) is 11.4. The number of hydrogen-bond acceptors (Lipinski definition) is 1. The molecule has 82 valence electrons. The number of benzene rings is 2. The summed E-state index contributed by atoms with van der Waals surface area (Å²) in [6, 6.07) is 18.9. The van der Waals surface area contributed by atoms with Crippen LogP contribution in [0, 0.1) is 6.92 Å². The molecule has 2 N–H and O–H groups in total. The third kappa shape index (κ3) is 2.71. The first-order valence-electron chi connectivity index (χ1n) is 5.62. The predicted molar refractivity (Wildman–Crippen MR) is 68.3 cm³/mol. The van der Waals surface area contributed by atoms with E-state index in [0.29, 0.717) is 0 Å². The quantitative estimate of drug-likeness (QED) is 0.828. The van der Waals surface area contributed by atoms with Gasteiger partial charge in [-0.1, -0.05) is 60.2 Å². The highest BCUT2D eigenvalue weighted by Crippen LogP contribution is 2.16. The van der Waals surface area contributed by atoms with Gasteiger partial charge >= 0.3 is 0 Å². The first-order valence-corrected chi connectivity index (χ1v) is 5.62. The Labute approximate surface area is 96.9 Å². The van der Waals surface area contributed by atoms with Crippen molar-refractivity contribution in [2.45, 2.75) is 19.4 Å². The molecule has 1 unspecified atom stereocenters. The van der Waals surface area contributed by atoms with E-state index in [-0.39, 0.29) is 6.04 Å².